The van der Waals surface area contributed by atoms with Crippen LogP contribution in [0.4, 0.5) is 4.39 Å². The minimum absolute atomic E-state index is 0.142. The van der Waals surface area contributed by atoms with Gasteiger partial charge in [0.2, 0.25) is 0 Å². The van der Waals surface area contributed by atoms with Crippen molar-refractivity contribution in [2.24, 2.45) is 0 Å². The summed E-state index contributed by atoms with van der Waals surface area (Å²) in [6.45, 7) is 6.58. The Bertz CT molecular complexity index is 548. The zero-order chi connectivity index (χ0) is 14.4. The Kier molecular flexibility index (Phi) is 5.30. The van der Waals surface area contributed by atoms with E-state index < -0.39 is 0 Å². The van der Waals surface area contributed by atoms with Crippen LogP contribution in [0.15, 0.2) is 30.6 Å². The third-order valence-electron chi connectivity index (χ3n) is 3.36. The molecule has 0 aliphatic heterocycles. The van der Waals surface area contributed by atoms with Crippen molar-refractivity contribution in [1.29, 1.82) is 0 Å². The molecular formula is C16H22FN3. The predicted molar refractivity (Wildman–Crippen MR) is 79.1 cm³/mol. The Morgan fingerprint density at radius 2 is 2.15 bits per heavy atom. The van der Waals surface area contributed by atoms with Crippen LogP contribution in [0, 0.1) is 5.82 Å². The van der Waals surface area contributed by atoms with Gasteiger partial charge in [0.15, 0.2) is 0 Å². The average Bonchev–Trinajstić information content (AvgIpc) is 2.89. The van der Waals surface area contributed by atoms with E-state index in [0.29, 0.717) is 6.54 Å². The Labute approximate surface area is 119 Å². The summed E-state index contributed by atoms with van der Waals surface area (Å²) in [6.07, 6.45) is 5.58. The molecule has 0 atom stereocenters. The lowest BCUT2D eigenvalue weighted by Crippen LogP contribution is -2.15. The summed E-state index contributed by atoms with van der Waals surface area (Å²) in [7, 11) is 0. The number of aromatic nitrogens is 2. The minimum Gasteiger partial charge on any atom is -0.335 e. The Hall–Kier alpha value is -1.68. The van der Waals surface area contributed by atoms with E-state index in [1.165, 1.54) is 0 Å². The molecule has 0 spiro atoms. The van der Waals surface area contributed by atoms with E-state index in [4.69, 9.17) is 0 Å². The van der Waals surface area contributed by atoms with Crippen molar-refractivity contribution >= 4 is 0 Å². The molecule has 1 N–H and O–H groups in total. The molecule has 0 aliphatic carbocycles. The molecule has 1 aromatic heterocycles. The summed E-state index contributed by atoms with van der Waals surface area (Å²) in [6, 6.07) is 5.33. The number of nitrogens with zero attached hydrogens (tertiary/aromatic N) is 2. The first-order chi connectivity index (χ1) is 9.74. The van der Waals surface area contributed by atoms with Crippen molar-refractivity contribution in [3.8, 4) is 0 Å². The van der Waals surface area contributed by atoms with E-state index in [1.54, 1.807) is 6.07 Å². The third kappa shape index (κ3) is 3.67. The van der Waals surface area contributed by atoms with Crippen LogP contribution in [-0.4, -0.2) is 16.1 Å². The molecular weight excluding hydrogens is 253 g/mol. The van der Waals surface area contributed by atoms with E-state index in [-0.39, 0.29) is 5.82 Å². The largest absolute Gasteiger partial charge is 0.335 e. The van der Waals surface area contributed by atoms with Crippen molar-refractivity contribution in [2.45, 2.75) is 39.8 Å². The maximum absolute atomic E-state index is 13.8. The molecule has 108 valence electrons. The van der Waals surface area contributed by atoms with Crippen molar-refractivity contribution < 1.29 is 4.39 Å². The van der Waals surface area contributed by atoms with Crippen LogP contribution >= 0.6 is 0 Å². The molecule has 0 fully saturated rings. The quantitative estimate of drug-likeness (QED) is 0.787. The molecule has 0 saturated carbocycles. The molecule has 1 aromatic carbocycles. The van der Waals surface area contributed by atoms with Gasteiger partial charge in [-0.3, -0.25) is 0 Å². The van der Waals surface area contributed by atoms with E-state index in [2.05, 4.69) is 28.7 Å². The normalized spacial score (nSPS) is 10.9. The van der Waals surface area contributed by atoms with Crippen LogP contribution in [-0.2, 0) is 19.5 Å². The fourth-order valence-corrected chi connectivity index (χ4v) is 2.25. The molecule has 0 bridgehead atoms. The minimum atomic E-state index is -0.142. The molecule has 0 radical (unpaired) electrons. The number of nitrogens with one attached hydrogen (secondary N) is 1. The Morgan fingerprint density at radius 1 is 1.30 bits per heavy atom. The van der Waals surface area contributed by atoms with Gasteiger partial charge < -0.3 is 9.88 Å². The highest BCUT2D eigenvalue weighted by atomic mass is 19.1. The second kappa shape index (κ2) is 7.20. The van der Waals surface area contributed by atoms with Gasteiger partial charge in [0, 0.05) is 37.5 Å². The van der Waals surface area contributed by atoms with E-state index in [9.17, 15) is 4.39 Å². The number of imidazole rings is 1. The fraction of sp³-hybridized carbons (Fsp3) is 0.438. The summed E-state index contributed by atoms with van der Waals surface area (Å²) in [4.78, 5) is 4.36. The number of rotatable bonds is 7. The molecule has 0 unspecified atom stereocenters. The van der Waals surface area contributed by atoms with Gasteiger partial charge in [-0.15, -0.1) is 0 Å². The maximum Gasteiger partial charge on any atom is 0.127 e. The van der Waals surface area contributed by atoms with Crippen LogP contribution in [0.1, 0.15) is 37.2 Å². The van der Waals surface area contributed by atoms with Crippen LogP contribution in [0.5, 0.6) is 0 Å². The van der Waals surface area contributed by atoms with Crippen LogP contribution in [0.25, 0.3) is 0 Å². The standard InChI is InChI=1S/C16H22FN3/c1-3-7-18-12-14-10-13(5-6-15(14)17)11-16-19-8-9-20(16)4-2/h5-6,8-10,18H,3-4,7,11-12H2,1-2H3. The third-order valence-corrected chi connectivity index (χ3v) is 3.36. The van der Waals surface area contributed by atoms with Gasteiger partial charge in [0.25, 0.3) is 0 Å². The van der Waals surface area contributed by atoms with Crippen LogP contribution in [0.2, 0.25) is 0 Å². The molecule has 1 heterocycles. The lowest BCUT2D eigenvalue weighted by atomic mass is 10.1. The second-order valence-electron chi connectivity index (χ2n) is 4.91. The molecule has 0 saturated heterocycles. The first-order valence-electron chi connectivity index (χ1n) is 7.22. The van der Waals surface area contributed by atoms with Gasteiger partial charge >= 0.3 is 0 Å². The highest BCUT2D eigenvalue weighted by Gasteiger charge is 2.07. The molecule has 2 rings (SSSR count). The highest BCUT2D eigenvalue weighted by molar-refractivity contribution is 5.27. The fourth-order valence-electron chi connectivity index (χ4n) is 2.25. The van der Waals surface area contributed by atoms with Crippen molar-refractivity contribution in [1.82, 2.24) is 14.9 Å². The van der Waals surface area contributed by atoms with Crippen LogP contribution in [0.3, 0.4) is 0 Å². The van der Waals surface area contributed by atoms with Gasteiger partial charge in [-0.2, -0.15) is 0 Å². The molecule has 2 aromatic rings. The van der Waals surface area contributed by atoms with E-state index in [1.807, 2.05) is 24.5 Å². The summed E-state index contributed by atoms with van der Waals surface area (Å²) in [5, 5.41) is 3.24. The van der Waals surface area contributed by atoms with Gasteiger partial charge in [0.05, 0.1) is 0 Å². The van der Waals surface area contributed by atoms with Gasteiger partial charge in [-0.25, -0.2) is 9.37 Å². The SMILES string of the molecule is CCCNCc1cc(Cc2nccn2CC)ccc1F. The summed E-state index contributed by atoms with van der Waals surface area (Å²) < 4.78 is 15.9. The lowest BCUT2D eigenvalue weighted by molar-refractivity contribution is 0.585. The summed E-state index contributed by atoms with van der Waals surface area (Å²) in [5.41, 5.74) is 1.83. The predicted octanol–water partition coefficient (Wildman–Crippen LogP) is 3.13. The van der Waals surface area contributed by atoms with Crippen molar-refractivity contribution in [2.75, 3.05) is 6.54 Å². The number of hydrogen-bond acceptors (Lipinski definition) is 2. The molecule has 4 heteroatoms. The molecule has 0 aliphatic rings. The smallest absolute Gasteiger partial charge is 0.127 e. The Morgan fingerprint density at radius 3 is 2.90 bits per heavy atom. The van der Waals surface area contributed by atoms with Crippen LogP contribution < -0.4 is 5.32 Å². The van der Waals surface area contributed by atoms with Gasteiger partial charge in [-0.1, -0.05) is 19.1 Å². The average molecular weight is 275 g/mol. The van der Waals surface area contributed by atoms with Gasteiger partial charge in [0.1, 0.15) is 11.6 Å². The summed E-state index contributed by atoms with van der Waals surface area (Å²) in [5.74, 6) is 0.878. The molecule has 0 amide bonds. The van der Waals surface area contributed by atoms with Gasteiger partial charge in [-0.05, 0) is 31.5 Å². The highest BCUT2D eigenvalue weighted by Crippen LogP contribution is 2.14. The number of aryl methyl sites for hydroxylation is 1. The zero-order valence-corrected chi connectivity index (χ0v) is 12.2. The first kappa shape index (κ1) is 14.7. The zero-order valence-electron chi connectivity index (χ0n) is 12.2. The second-order valence-corrected chi connectivity index (χ2v) is 4.91. The number of hydrogen-bond donors (Lipinski definition) is 1. The molecule has 3 nitrogen and oxygen atoms in total. The first-order valence-corrected chi connectivity index (χ1v) is 7.22. The monoisotopic (exact) mass is 275 g/mol. The van der Waals surface area contributed by atoms with Crippen molar-refractivity contribution in [3.05, 3.63) is 53.4 Å². The van der Waals surface area contributed by atoms with E-state index in [0.717, 1.165) is 42.9 Å². The molecule has 20 heavy (non-hydrogen) atoms. The lowest BCUT2D eigenvalue weighted by Gasteiger charge is -2.09. The Balaban J connectivity index is 2.10. The topological polar surface area (TPSA) is 29.9 Å². The number of halogens is 1. The maximum atomic E-state index is 13.8. The summed E-state index contributed by atoms with van der Waals surface area (Å²) >= 11 is 0. The number of benzene rings is 1. The van der Waals surface area contributed by atoms with E-state index >= 15 is 0 Å². The van der Waals surface area contributed by atoms with Crippen molar-refractivity contribution in [3.63, 3.8) is 0 Å².